The Morgan fingerprint density at radius 3 is 2.88 bits per heavy atom. The first-order chi connectivity index (χ1) is 7.79. The third-order valence-electron chi connectivity index (χ3n) is 3.04. The zero-order valence-electron chi connectivity index (χ0n) is 9.98. The van der Waals surface area contributed by atoms with Gasteiger partial charge in [-0.15, -0.1) is 0 Å². The summed E-state index contributed by atoms with van der Waals surface area (Å²) < 4.78 is 9.38. The minimum atomic E-state index is 0.702. The number of nitrogens with zero attached hydrogens (tertiary/aromatic N) is 3. The van der Waals surface area contributed by atoms with Crippen LogP contribution in [0.5, 0.6) is 0 Å². The predicted molar refractivity (Wildman–Crippen MR) is 66.1 cm³/mol. The molecule has 0 radical (unpaired) electrons. The van der Waals surface area contributed by atoms with Crippen LogP contribution < -0.4 is 4.90 Å². The molecule has 1 aliphatic heterocycles. The Balaban J connectivity index is 1.91. The first-order valence-electron chi connectivity index (χ1n) is 5.86. The van der Waals surface area contributed by atoms with E-state index in [1.54, 1.807) is 7.11 Å². The minimum absolute atomic E-state index is 0.702. The lowest BCUT2D eigenvalue weighted by molar-refractivity contribution is 0.201. The minimum Gasteiger partial charge on any atom is -0.384 e. The lowest BCUT2D eigenvalue weighted by Gasteiger charge is -2.29. The van der Waals surface area contributed by atoms with Gasteiger partial charge in [0.2, 0.25) is 5.13 Å². The second-order valence-electron chi connectivity index (χ2n) is 4.41. The van der Waals surface area contributed by atoms with Gasteiger partial charge < -0.3 is 9.64 Å². The average Bonchev–Trinajstić information content (AvgIpc) is 2.76. The molecule has 5 heteroatoms. The van der Waals surface area contributed by atoms with Crippen LogP contribution in [0.1, 0.15) is 25.6 Å². The molecule has 90 valence electrons. The number of aromatic nitrogens is 2. The zero-order chi connectivity index (χ0) is 11.4. The van der Waals surface area contributed by atoms with Crippen molar-refractivity contribution >= 4 is 16.7 Å². The largest absolute Gasteiger partial charge is 0.384 e. The second-order valence-corrected chi connectivity index (χ2v) is 5.14. The normalized spacial score (nSPS) is 18.0. The molecule has 4 nitrogen and oxygen atoms in total. The highest BCUT2D eigenvalue weighted by atomic mass is 32.1. The Labute approximate surface area is 101 Å². The van der Waals surface area contributed by atoms with Gasteiger partial charge in [-0.3, -0.25) is 0 Å². The van der Waals surface area contributed by atoms with Gasteiger partial charge in [-0.05, 0) is 18.8 Å². The Morgan fingerprint density at radius 2 is 2.19 bits per heavy atom. The molecule has 0 saturated carbocycles. The highest BCUT2D eigenvalue weighted by Crippen LogP contribution is 2.24. The number of ether oxygens (including phenoxy) is 1. The van der Waals surface area contributed by atoms with E-state index >= 15 is 0 Å². The Kier molecular flexibility index (Phi) is 4.12. The molecule has 0 bridgehead atoms. The van der Waals surface area contributed by atoms with Crippen LogP contribution in [-0.2, 0) is 11.2 Å². The van der Waals surface area contributed by atoms with Gasteiger partial charge in [-0.2, -0.15) is 4.37 Å². The van der Waals surface area contributed by atoms with Gasteiger partial charge in [-0.1, -0.05) is 6.92 Å². The van der Waals surface area contributed by atoms with Crippen molar-refractivity contribution in [2.24, 2.45) is 5.92 Å². The summed E-state index contributed by atoms with van der Waals surface area (Å²) in [6.45, 7) is 5.27. The van der Waals surface area contributed by atoms with Crippen LogP contribution in [-0.4, -0.2) is 36.2 Å². The van der Waals surface area contributed by atoms with Crippen molar-refractivity contribution in [2.45, 2.75) is 26.2 Å². The number of anilines is 1. The van der Waals surface area contributed by atoms with E-state index in [0.717, 1.165) is 36.4 Å². The smallest absolute Gasteiger partial charge is 0.205 e. The van der Waals surface area contributed by atoms with Gasteiger partial charge >= 0.3 is 0 Å². The van der Waals surface area contributed by atoms with Crippen LogP contribution in [0, 0.1) is 5.92 Å². The maximum absolute atomic E-state index is 5.03. The fourth-order valence-electron chi connectivity index (χ4n) is 1.87. The number of hydrogen-bond donors (Lipinski definition) is 0. The third kappa shape index (κ3) is 2.92. The highest BCUT2D eigenvalue weighted by molar-refractivity contribution is 7.09. The Hall–Kier alpha value is -0.680. The van der Waals surface area contributed by atoms with Crippen LogP contribution in [0.15, 0.2) is 0 Å². The summed E-state index contributed by atoms with van der Waals surface area (Å²) in [5.41, 5.74) is 0. The zero-order valence-corrected chi connectivity index (χ0v) is 10.8. The number of rotatable bonds is 4. The molecule has 0 N–H and O–H groups in total. The molecule has 1 aromatic heterocycles. The molecule has 0 amide bonds. The van der Waals surface area contributed by atoms with Crippen molar-refractivity contribution in [3.05, 3.63) is 5.82 Å². The molecule has 16 heavy (non-hydrogen) atoms. The van der Waals surface area contributed by atoms with E-state index in [1.807, 2.05) is 0 Å². The third-order valence-corrected chi connectivity index (χ3v) is 3.86. The van der Waals surface area contributed by atoms with Gasteiger partial charge in [0.15, 0.2) is 0 Å². The van der Waals surface area contributed by atoms with E-state index in [9.17, 15) is 0 Å². The molecule has 0 aliphatic carbocycles. The molecule has 0 aromatic carbocycles. The Bertz CT molecular complexity index is 321. The molecule has 1 aliphatic rings. The van der Waals surface area contributed by atoms with Crippen LogP contribution in [0.4, 0.5) is 5.13 Å². The summed E-state index contributed by atoms with van der Waals surface area (Å²) in [4.78, 5) is 6.90. The first kappa shape index (κ1) is 11.8. The fourth-order valence-corrected chi connectivity index (χ4v) is 2.63. The summed E-state index contributed by atoms with van der Waals surface area (Å²) in [5.74, 6) is 1.78. The molecule has 0 unspecified atom stereocenters. The topological polar surface area (TPSA) is 38.2 Å². The molecule has 1 saturated heterocycles. The van der Waals surface area contributed by atoms with Crippen LogP contribution in [0.25, 0.3) is 0 Å². The standard InChI is InChI=1S/C11H19N3OS/c1-9-3-6-14(7-4-9)11-12-10(13-16-11)5-8-15-2/h9H,3-8H2,1-2H3. The lowest BCUT2D eigenvalue weighted by Crippen LogP contribution is -2.32. The van der Waals surface area contributed by atoms with Crippen LogP contribution in [0.3, 0.4) is 0 Å². The van der Waals surface area contributed by atoms with Crippen molar-refractivity contribution in [3.63, 3.8) is 0 Å². The van der Waals surface area contributed by atoms with Gasteiger partial charge in [0.1, 0.15) is 5.82 Å². The summed E-state index contributed by atoms with van der Waals surface area (Å²) in [6.07, 6.45) is 3.36. The number of methoxy groups -OCH3 is 1. The van der Waals surface area contributed by atoms with E-state index in [-0.39, 0.29) is 0 Å². The first-order valence-corrected chi connectivity index (χ1v) is 6.63. The van der Waals surface area contributed by atoms with Crippen LogP contribution >= 0.6 is 11.5 Å². The van der Waals surface area contributed by atoms with E-state index in [4.69, 9.17) is 4.74 Å². The summed E-state index contributed by atoms with van der Waals surface area (Å²) in [7, 11) is 1.71. The number of piperidine rings is 1. The second kappa shape index (κ2) is 5.59. The quantitative estimate of drug-likeness (QED) is 0.807. The SMILES string of the molecule is COCCc1nsc(N2CCC(C)CC2)n1. The van der Waals surface area contributed by atoms with Crippen molar-refractivity contribution < 1.29 is 4.74 Å². The van der Waals surface area contributed by atoms with Gasteiger partial charge in [0, 0.05) is 38.2 Å². The summed E-state index contributed by atoms with van der Waals surface area (Å²) in [5, 5.41) is 1.08. The molecule has 2 heterocycles. The average molecular weight is 241 g/mol. The van der Waals surface area contributed by atoms with E-state index in [1.165, 1.54) is 24.4 Å². The molecule has 2 rings (SSSR count). The van der Waals surface area contributed by atoms with Crippen molar-refractivity contribution in [3.8, 4) is 0 Å². The lowest BCUT2D eigenvalue weighted by atomic mass is 10.00. The van der Waals surface area contributed by atoms with E-state index in [0.29, 0.717) is 6.61 Å². The molecular formula is C11H19N3OS. The number of hydrogen-bond acceptors (Lipinski definition) is 5. The highest BCUT2D eigenvalue weighted by Gasteiger charge is 2.18. The van der Waals surface area contributed by atoms with Crippen molar-refractivity contribution in [2.75, 3.05) is 31.7 Å². The van der Waals surface area contributed by atoms with Crippen molar-refractivity contribution in [1.29, 1.82) is 0 Å². The monoisotopic (exact) mass is 241 g/mol. The Morgan fingerprint density at radius 1 is 1.44 bits per heavy atom. The van der Waals surface area contributed by atoms with Crippen LogP contribution in [0.2, 0.25) is 0 Å². The van der Waals surface area contributed by atoms with Gasteiger partial charge in [0.05, 0.1) is 6.61 Å². The molecule has 1 fully saturated rings. The summed E-state index contributed by atoms with van der Waals surface area (Å²) >= 11 is 1.52. The molecule has 0 atom stereocenters. The van der Waals surface area contributed by atoms with Gasteiger partial charge in [0.25, 0.3) is 0 Å². The fraction of sp³-hybridized carbons (Fsp3) is 0.818. The van der Waals surface area contributed by atoms with E-state index in [2.05, 4.69) is 21.2 Å². The maximum atomic E-state index is 5.03. The predicted octanol–water partition coefficient (Wildman–Crippen LogP) is 1.96. The molecule has 0 spiro atoms. The summed E-state index contributed by atoms with van der Waals surface area (Å²) in [6, 6.07) is 0. The maximum Gasteiger partial charge on any atom is 0.205 e. The molecule has 1 aromatic rings. The van der Waals surface area contributed by atoms with E-state index < -0.39 is 0 Å². The van der Waals surface area contributed by atoms with Gasteiger partial charge in [-0.25, -0.2) is 4.98 Å². The molecular weight excluding hydrogens is 222 g/mol. The van der Waals surface area contributed by atoms with Crippen molar-refractivity contribution in [1.82, 2.24) is 9.36 Å².